The van der Waals surface area contributed by atoms with Crippen molar-refractivity contribution in [3.63, 3.8) is 0 Å². The van der Waals surface area contributed by atoms with Crippen molar-refractivity contribution in [3.8, 4) is 11.1 Å². The first-order chi connectivity index (χ1) is 25.9. The average Bonchev–Trinajstić information content (AvgIpc) is 3.69. The van der Waals surface area contributed by atoms with Crippen LogP contribution in [-0.4, -0.2) is 59.8 Å². The number of aromatic nitrogens is 6. The molecule has 54 heavy (non-hydrogen) atoms. The van der Waals surface area contributed by atoms with Gasteiger partial charge in [0.2, 0.25) is 0 Å². The second-order valence-electron chi connectivity index (χ2n) is 17.6. The minimum atomic E-state index is -1.07. The van der Waals surface area contributed by atoms with Crippen LogP contribution in [0.1, 0.15) is 106 Å². The number of aromatic carboxylic acids is 1. The van der Waals surface area contributed by atoms with Crippen molar-refractivity contribution in [3.05, 3.63) is 65.1 Å². The topological polar surface area (TPSA) is 131 Å². The first-order valence-electron chi connectivity index (χ1n) is 19.6. The van der Waals surface area contributed by atoms with Gasteiger partial charge in [-0.1, -0.05) is 50.7 Å². The van der Waals surface area contributed by atoms with Crippen LogP contribution in [0, 0.1) is 30.1 Å². The number of para-hydroxylation sites is 1. The van der Waals surface area contributed by atoms with E-state index in [9.17, 15) is 9.90 Å². The monoisotopic (exact) mass is 746 g/mol. The van der Waals surface area contributed by atoms with Crippen molar-refractivity contribution in [2.24, 2.45) is 16.2 Å². The van der Waals surface area contributed by atoms with Gasteiger partial charge in [-0.25, -0.2) is 14.8 Å². The molecular formula is C42H50N8O3S. The molecule has 4 fully saturated rings. The SMILES string of the molecule is CCCCOC12CC3(C)CC(C)(CC(Cn4ncc(-c5ccc(N6CCCc7c6nnc(Nc6nc8ccccc8s6)c7C)nc5C(=O)O)c4C)(C3)C1)C2. The number of carbonyl (C=O) groups is 1. The van der Waals surface area contributed by atoms with Crippen LogP contribution in [0.4, 0.5) is 22.6 Å². The van der Waals surface area contributed by atoms with Crippen molar-refractivity contribution in [1.82, 2.24) is 29.9 Å². The summed E-state index contributed by atoms with van der Waals surface area (Å²) in [4.78, 5) is 24.4. The van der Waals surface area contributed by atoms with Crippen LogP contribution in [-0.2, 0) is 17.7 Å². The molecule has 11 nitrogen and oxygen atoms in total. The zero-order chi connectivity index (χ0) is 37.5. The van der Waals surface area contributed by atoms with Crippen LogP contribution in [0.3, 0.4) is 0 Å². The van der Waals surface area contributed by atoms with Gasteiger partial charge in [0.1, 0.15) is 5.82 Å². The van der Waals surface area contributed by atoms with Gasteiger partial charge in [-0.05, 0) is 112 Å². The minimum Gasteiger partial charge on any atom is -0.476 e. The molecule has 5 aliphatic rings. The number of hydrogen-bond donors (Lipinski definition) is 2. The molecule has 0 saturated heterocycles. The minimum absolute atomic E-state index is 0.0131. The van der Waals surface area contributed by atoms with Gasteiger partial charge in [0.05, 0.1) is 22.0 Å². The molecule has 4 bridgehead atoms. The van der Waals surface area contributed by atoms with E-state index < -0.39 is 5.97 Å². The summed E-state index contributed by atoms with van der Waals surface area (Å²) in [5, 5.41) is 28.9. The fourth-order valence-electron chi connectivity index (χ4n) is 11.7. The molecule has 0 amide bonds. The van der Waals surface area contributed by atoms with Crippen molar-refractivity contribution < 1.29 is 14.6 Å². The maximum absolute atomic E-state index is 12.9. The first-order valence-corrected chi connectivity index (χ1v) is 20.4. The van der Waals surface area contributed by atoms with E-state index in [2.05, 4.69) is 60.9 Å². The maximum atomic E-state index is 12.9. The Labute approximate surface area is 320 Å². The number of ether oxygens (including phenoxy) is 1. The lowest BCUT2D eigenvalue weighted by molar-refractivity contribution is -0.248. The molecule has 2 N–H and O–H groups in total. The summed E-state index contributed by atoms with van der Waals surface area (Å²) in [6.07, 6.45) is 12.8. The largest absolute Gasteiger partial charge is 0.476 e. The molecule has 0 spiro atoms. The van der Waals surface area contributed by atoms with Gasteiger partial charge in [0.25, 0.3) is 0 Å². The van der Waals surface area contributed by atoms with Gasteiger partial charge in [-0.2, -0.15) is 5.10 Å². The number of nitrogens with one attached hydrogen (secondary N) is 1. The van der Waals surface area contributed by atoms with Gasteiger partial charge in [0, 0.05) is 47.6 Å². The van der Waals surface area contributed by atoms with Crippen molar-refractivity contribution >= 4 is 50.1 Å². The molecule has 1 aromatic carbocycles. The third kappa shape index (κ3) is 6.05. The summed E-state index contributed by atoms with van der Waals surface area (Å²) in [7, 11) is 0. The highest BCUT2D eigenvalue weighted by molar-refractivity contribution is 7.22. The highest BCUT2D eigenvalue weighted by Crippen LogP contribution is 2.72. The third-order valence-corrected chi connectivity index (χ3v) is 13.7. The van der Waals surface area contributed by atoms with Crippen molar-refractivity contribution in [1.29, 1.82) is 0 Å². The predicted molar refractivity (Wildman–Crippen MR) is 212 cm³/mol. The number of nitrogens with zero attached hydrogens (tertiary/aromatic N) is 7. The highest BCUT2D eigenvalue weighted by Gasteiger charge is 2.66. The number of unbranched alkanes of at least 4 members (excludes halogenated alkanes) is 1. The number of rotatable bonds is 11. The number of anilines is 4. The number of pyridine rings is 1. The van der Waals surface area contributed by atoms with Crippen LogP contribution in [0.15, 0.2) is 42.6 Å². The molecule has 2 unspecified atom stereocenters. The third-order valence-electron chi connectivity index (χ3n) is 12.7. The summed E-state index contributed by atoms with van der Waals surface area (Å²) in [6, 6.07) is 11.9. The average molecular weight is 747 g/mol. The van der Waals surface area contributed by atoms with Gasteiger partial charge < -0.3 is 20.1 Å². The molecule has 10 rings (SSSR count). The maximum Gasteiger partial charge on any atom is 0.355 e. The first kappa shape index (κ1) is 35.3. The Morgan fingerprint density at radius 3 is 2.54 bits per heavy atom. The van der Waals surface area contributed by atoms with Crippen LogP contribution in [0.25, 0.3) is 21.3 Å². The molecular weight excluding hydrogens is 697 g/mol. The van der Waals surface area contributed by atoms with E-state index >= 15 is 0 Å². The fraction of sp³-hybridized carbons (Fsp3) is 0.524. The molecule has 4 saturated carbocycles. The van der Waals surface area contributed by atoms with Crippen molar-refractivity contribution in [2.45, 2.75) is 111 Å². The van der Waals surface area contributed by atoms with Crippen LogP contribution in [0.2, 0.25) is 0 Å². The van der Waals surface area contributed by atoms with E-state index in [0.717, 1.165) is 95.8 Å². The molecule has 282 valence electrons. The zero-order valence-corrected chi connectivity index (χ0v) is 32.9. The van der Waals surface area contributed by atoms with Crippen LogP contribution < -0.4 is 10.2 Å². The lowest BCUT2D eigenvalue weighted by Crippen LogP contribution is -2.64. The number of thiazole rings is 1. The Kier molecular flexibility index (Phi) is 8.39. The summed E-state index contributed by atoms with van der Waals surface area (Å²) >= 11 is 1.58. The predicted octanol–water partition coefficient (Wildman–Crippen LogP) is 9.42. The molecule has 4 aliphatic carbocycles. The quantitative estimate of drug-likeness (QED) is 0.126. The number of benzene rings is 1. The lowest BCUT2D eigenvalue weighted by atomic mass is 9.39. The Bertz CT molecular complexity index is 2230. The summed E-state index contributed by atoms with van der Waals surface area (Å²) in [5.74, 6) is 0.865. The van der Waals surface area contributed by atoms with E-state index in [0.29, 0.717) is 29.6 Å². The second-order valence-corrected chi connectivity index (χ2v) is 18.6. The Hall–Kier alpha value is -4.42. The summed E-state index contributed by atoms with van der Waals surface area (Å²) in [6.45, 7) is 13.6. The van der Waals surface area contributed by atoms with Gasteiger partial charge in [-0.15, -0.1) is 10.2 Å². The van der Waals surface area contributed by atoms with Gasteiger partial charge in [-0.3, -0.25) is 4.68 Å². The Morgan fingerprint density at radius 2 is 1.78 bits per heavy atom. The molecule has 12 heteroatoms. The van der Waals surface area contributed by atoms with E-state index in [1.807, 2.05) is 41.4 Å². The van der Waals surface area contributed by atoms with Gasteiger partial charge >= 0.3 is 5.97 Å². The standard InChI is InChI=1S/C42H50N8O3S/c1-6-7-17-53-42-22-39(4)19-40(5,23-42)21-41(20-39,24-42)25-50-27(3)30(18-43-50)29-14-15-33(45-34(29)37(51)52)49-16-10-11-28-26(2)35(47-48-36(28)49)46-38-44-31-12-8-9-13-32(31)54-38/h8-9,12-15,18H,6-7,10-11,16-17,19-25H2,1-5H3,(H,51,52)(H,44,46,47). The molecule has 5 aromatic rings. The smallest absolute Gasteiger partial charge is 0.355 e. The van der Waals surface area contributed by atoms with E-state index in [1.165, 1.54) is 19.3 Å². The molecule has 2 atom stereocenters. The second kappa shape index (κ2) is 12.8. The summed E-state index contributed by atoms with van der Waals surface area (Å²) in [5.41, 5.74) is 5.96. The van der Waals surface area contributed by atoms with E-state index in [1.54, 1.807) is 11.3 Å². The number of hydrogen-bond acceptors (Lipinski definition) is 10. The van der Waals surface area contributed by atoms with E-state index in [-0.39, 0.29) is 27.5 Å². The van der Waals surface area contributed by atoms with Crippen LogP contribution >= 0.6 is 11.3 Å². The number of fused-ring (bicyclic) bond motifs is 2. The van der Waals surface area contributed by atoms with Crippen LogP contribution in [0.5, 0.6) is 0 Å². The number of carboxylic acid groups (broad SMARTS) is 1. The summed E-state index contributed by atoms with van der Waals surface area (Å²) < 4.78 is 10.1. The Morgan fingerprint density at radius 1 is 0.981 bits per heavy atom. The van der Waals surface area contributed by atoms with Gasteiger partial charge in [0.15, 0.2) is 22.5 Å². The molecule has 5 heterocycles. The molecule has 0 radical (unpaired) electrons. The lowest BCUT2D eigenvalue weighted by Gasteiger charge is -2.69. The normalized spacial score (nSPS) is 27.1. The van der Waals surface area contributed by atoms with Crippen molar-refractivity contribution in [2.75, 3.05) is 23.4 Å². The molecule has 1 aliphatic heterocycles. The van der Waals surface area contributed by atoms with E-state index in [4.69, 9.17) is 19.8 Å². The number of carboxylic acids is 1. The fourth-order valence-corrected chi connectivity index (χ4v) is 12.6. The highest BCUT2D eigenvalue weighted by atomic mass is 32.1. The Balaban J connectivity index is 0.991. The molecule has 4 aromatic heterocycles. The zero-order valence-electron chi connectivity index (χ0n) is 32.0.